The van der Waals surface area contributed by atoms with Crippen LogP contribution in [0.1, 0.15) is 38.7 Å². The van der Waals surface area contributed by atoms with Crippen LogP contribution in [0.3, 0.4) is 0 Å². The largest absolute Gasteiger partial charge is 0.383 e. The number of aliphatic hydroxyl groups is 1. The molecule has 1 aromatic carbocycles. The monoisotopic (exact) mass is 315 g/mol. The molecule has 3 rings (SSSR count). The highest BCUT2D eigenvalue weighted by Crippen LogP contribution is 2.48. The van der Waals surface area contributed by atoms with Gasteiger partial charge in [-0.1, -0.05) is 32.1 Å². The molecule has 0 radical (unpaired) electrons. The third-order valence-electron chi connectivity index (χ3n) is 4.97. The van der Waals surface area contributed by atoms with Gasteiger partial charge in [0, 0.05) is 0 Å². The molecule has 0 bridgehead atoms. The van der Waals surface area contributed by atoms with Crippen molar-refractivity contribution >= 4 is 6.08 Å². The summed E-state index contributed by atoms with van der Waals surface area (Å²) in [4.78, 5) is 3.96. The smallest absolute Gasteiger partial charge is 0.137 e. The maximum absolute atomic E-state index is 13.1. The highest BCUT2D eigenvalue weighted by molar-refractivity contribution is 5.56. The molecule has 1 aliphatic carbocycles. The average Bonchev–Trinajstić information content (AvgIpc) is 2.99. The molecular weight excluding hydrogens is 293 g/mol. The summed E-state index contributed by atoms with van der Waals surface area (Å²) in [5, 5.41) is 15.7. The lowest BCUT2D eigenvalue weighted by Crippen LogP contribution is -2.52. The summed E-state index contributed by atoms with van der Waals surface area (Å²) in [7, 11) is 0. The highest BCUT2D eigenvalue weighted by atomic mass is 19.1. The summed E-state index contributed by atoms with van der Waals surface area (Å²) < 4.78 is 14.8. The lowest BCUT2D eigenvalue weighted by Gasteiger charge is -2.48. The minimum atomic E-state index is -1.01. The van der Waals surface area contributed by atoms with Crippen LogP contribution in [0, 0.1) is 11.2 Å². The summed E-state index contributed by atoms with van der Waals surface area (Å²) in [5.41, 5.74) is 0.586. The van der Waals surface area contributed by atoms with Gasteiger partial charge in [0.15, 0.2) is 0 Å². The topological polar surface area (TPSA) is 50.9 Å². The Bertz CT molecular complexity index is 692. The third-order valence-corrected chi connectivity index (χ3v) is 4.97. The first-order chi connectivity index (χ1) is 10.9. The van der Waals surface area contributed by atoms with Gasteiger partial charge in [0.1, 0.15) is 24.1 Å². The molecular formula is C18H22FN3O. The third kappa shape index (κ3) is 3.06. The molecule has 1 saturated carbocycles. The summed E-state index contributed by atoms with van der Waals surface area (Å²) >= 11 is 0. The first-order valence-electron chi connectivity index (χ1n) is 7.92. The van der Waals surface area contributed by atoms with E-state index in [2.05, 4.69) is 23.9 Å². The second-order valence-corrected chi connectivity index (χ2v) is 6.91. The van der Waals surface area contributed by atoms with E-state index in [-0.39, 0.29) is 11.2 Å². The fourth-order valence-electron chi connectivity index (χ4n) is 3.39. The number of nitrogens with zero attached hydrogens (tertiary/aromatic N) is 3. The molecule has 5 heteroatoms. The standard InChI is InChI=1S/C18H22FN3O/c1-17(2)9-3-4-15(10-14-5-7-16(19)8-6-14)18(17,23)11-22-13-20-12-21-22/h5-8,10,12-13,23H,3-4,9,11H2,1-2H3/b15-10-. The Kier molecular flexibility index (Phi) is 4.06. The van der Waals surface area contributed by atoms with E-state index in [0.29, 0.717) is 6.54 Å². The molecule has 0 saturated heterocycles. The molecule has 1 aliphatic rings. The molecule has 4 nitrogen and oxygen atoms in total. The number of hydrogen-bond acceptors (Lipinski definition) is 3. The quantitative estimate of drug-likeness (QED) is 0.944. The molecule has 1 N–H and O–H groups in total. The molecule has 2 aromatic rings. The Morgan fingerprint density at radius 2 is 2.04 bits per heavy atom. The SMILES string of the molecule is CC1(C)CCC/C(=C/c2ccc(F)cc2)C1(O)Cn1cncn1. The van der Waals surface area contributed by atoms with Crippen LogP contribution in [0.5, 0.6) is 0 Å². The van der Waals surface area contributed by atoms with Gasteiger partial charge in [-0.15, -0.1) is 0 Å². The van der Waals surface area contributed by atoms with Crippen molar-refractivity contribution in [3.05, 3.63) is 53.9 Å². The first kappa shape index (κ1) is 15.9. The molecule has 23 heavy (non-hydrogen) atoms. The van der Waals surface area contributed by atoms with Crippen molar-refractivity contribution in [2.75, 3.05) is 0 Å². The zero-order chi connectivity index (χ0) is 16.5. The van der Waals surface area contributed by atoms with Gasteiger partial charge in [-0.25, -0.2) is 14.1 Å². The van der Waals surface area contributed by atoms with Crippen LogP contribution in [-0.2, 0) is 6.54 Å². The molecule has 0 amide bonds. The van der Waals surface area contributed by atoms with Gasteiger partial charge < -0.3 is 5.11 Å². The van der Waals surface area contributed by atoms with Gasteiger partial charge in [-0.05, 0) is 47.9 Å². The van der Waals surface area contributed by atoms with E-state index in [1.165, 1.54) is 18.5 Å². The van der Waals surface area contributed by atoms with E-state index in [1.807, 2.05) is 6.08 Å². The number of halogens is 1. The number of aromatic nitrogens is 3. The van der Waals surface area contributed by atoms with Crippen LogP contribution in [0.15, 0.2) is 42.5 Å². The fraction of sp³-hybridized carbons (Fsp3) is 0.444. The van der Waals surface area contributed by atoms with E-state index in [0.717, 1.165) is 30.4 Å². The zero-order valence-electron chi connectivity index (χ0n) is 13.5. The second kappa shape index (κ2) is 5.89. The average molecular weight is 315 g/mol. The van der Waals surface area contributed by atoms with E-state index in [4.69, 9.17) is 0 Å². The Morgan fingerprint density at radius 3 is 2.70 bits per heavy atom. The summed E-state index contributed by atoms with van der Waals surface area (Å²) in [6.45, 7) is 4.54. The van der Waals surface area contributed by atoms with Crippen LogP contribution in [0.25, 0.3) is 6.08 Å². The van der Waals surface area contributed by atoms with E-state index >= 15 is 0 Å². The van der Waals surface area contributed by atoms with Crippen LogP contribution in [-0.4, -0.2) is 25.5 Å². The van der Waals surface area contributed by atoms with Crippen LogP contribution in [0.4, 0.5) is 4.39 Å². The molecule has 0 aliphatic heterocycles. The Morgan fingerprint density at radius 1 is 1.30 bits per heavy atom. The van der Waals surface area contributed by atoms with Gasteiger partial charge in [0.2, 0.25) is 0 Å². The molecule has 1 unspecified atom stereocenters. The first-order valence-corrected chi connectivity index (χ1v) is 7.92. The van der Waals surface area contributed by atoms with Crippen molar-refractivity contribution in [3.63, 3.8) is 0 Å². The molecule has 0 spiro atoms. The Hall–Kier alpha value is -2.01. The van der Waals surface area contributed by atoms with Gasteiger partial charge in [0.25, 0.3) is 0 Å². The molecule has 1 atom stereocenters. The number of benzene rings is 1. The van der Waals surface area contributed by atoms with Gasteiger partial charge in [0.05, 0.1) is 6.54 Å². The minimum absolute atomic E-state index is 0.256. The van der Waals surface area contributed by atoms with E-state index < -0.39 is 5.60 Å². The van der Waals surface area contributed by atoms with Crippen molar-refractivity contribution in [1.29, 1.82) is 0 Å². The lowest BCUT2D eigenvalue weighted by atomic mass is 9.62. The van der Waals surface area contributed by atoms with Crippen LogP contribution in [0.2, 0.25) is 0 Å². The summed E-state index contributed by atoms with van der Waals surface area (Å²) in [5.74, 6) is -0.256. The second-order valence-electron chi connectivity index (χ2n) is 6.91. The minimum Gasteiger partial charge on any atom is -0.383 e. The van der Waals surface area contributed by atoms with E-state index in [9.17, 15) is 9.50 Å². The van der Waals surface area contributed by atoms with E-state index in [1.54, 1.807) is 23.1 Å². The summed E-state index contributed by atoms with van der Waals surface area (Å²) in [6.07, 6.45) is 7.88. The molecule has 1 heterocycles. The van der Waals surface area contributed by atoms with Crippen molar-refractivity contribution < 1.29 is 9.50 Å². The normalized spacial score (nSPS) is 25.7. The Balaban J connectivity index is 2.00. The predicted molar refractivity (Wildman–Crippen MR) is 87.0 cm³/mol. The Labute approximate surface area is 135 Å². The molecule has 122 valence electrons. The zero-order valence-corrected chi connectivity index (χ0v) is 13.5. The predicted octanol–water partition coefficient (Wildman–Crippen LogP) is 3.44. The highest BCUT2D eigenvalue weighted by Gasteiger charge is 2.48. The van der Waals surface area contributed by atoms with Gasteiger partial charge in [-0.3, -0.25) is 0 Å². The van der Waals surface area contributed by atoms with Crippen LogP contribution < -0.4 is 0 Å². The number of hydrogen-bond donors (Lipinski definition) is 1. The molecule has 1 aromatic heterocycles. The van der Waals surface area contributed by atoms with Crippen LogP contribution >= 0.6 is 0 Å². The van der Waals surface area contributed by atoms with Crippen molar-refractivity contribution in [2.24, 2.45) is 5.41 Å². The maximum atomic E-state index is 13.1. The van der Waals surface area contributed by atoms with Gasteiger partial charge >= 0.3 is 0 Å². The van der Waals surface area contributed by atoms with Crippen molar-refractivity contribution in [3.8, 4) is 0 Å². The maximum Gasteiger partial charge on any atom is 0.137 e. The fourth-order valence-corrected chi connectivity index (χ4v) is 3.39. The van der Waals surface area contributed by atoms with Crippen molar-refractivity contribution in [2.45, 2.75) is 45.3 Å². The lowest BCUT2D eigenvalue weighted by molar-refractivity contribution is -0.0692. The summed E-state index contributed by atoms with van der Waals surface area (Å²) in [6, 6.07) is 6.35. The van der Waals surface area contributed by atoms with Crippen molar-refractivity contribution in [1.82, 2.24) is 14.8 Å². The van der Waals surface area contributed by atoms with Gasteiger partial charge in [-0.2, -0.15) is 5.10 Å². The molecule has 1 fully saturated rings. The number of rotatable bonds is 3.